The van der Waals surface area contributed by atoms with Crippen LogP contribution in [0.3, 0.4) is 0 Å². The minimum Gasteiger partial charge on any atom is -0.480 e. The number of carboxylic acids is 1. The maximum Gasteiger partial charge on any atom is 0.407 e. The van der Waals surface area contributed by atoms with Crippen LogP contribution in [0.5, 0.6) is 0 Å². The monoisotopic (exact) mass is 557 g/mol. The Bertz CT molecular complexity index is 1230. The number of hydrogen-bond donors (Lipinski definition) is 7. The van der Waals surface area contributed by atoms with Crippen LogP contribution in [-0.4, -0.2) is 94.1 Å². The Labute approximate surface area is 229 Å². The van der Waals surface area contributed by atoms with Crippen LogP contribution < -0.4 is 16.0 Å². The van der Waals surface area contributed by atoms with Gasteiger partial charge in [-0.05, 0) is 22.3 Å². The second kappa shape index (κ2) is 12.4. The van der Waals surface area contributed by atoms with E-state index in [-0.39, 0.29) is 12.5 Å². The van der Waals surface area contributed by atoms with E-state index in [9.17, 15) is 39.6 Å². The van der Waals surface area contributed by atoms with Crippen molar-refractivity contribution < 1.29 is 49.1 Å². The lowest BCUT2D eigenvalue weighted by atomic mass is 9.95. The van der Waals surface area contributed by atoms with E-state index in [1.807, 2.05) is 48.5 Å². The van der Waals surface area contributed by atoms with Crippen LogP contribution in [0, 0.1) is 0 Å². The minimum absolute atomic E-state index is 0.0601. The van der Waals surface area contributed by atoms with E-state index in [0.717, 1.165) is 29.2 Å². The highest BCUT2D eigenvalue weighted by atomic mass is 16.6. The van der Waals surface area contributed by atoms with Crippen LogP contribution in [0.2, 0.25) is 0 Å². The van der Waals surface area contributed by atoms with Crippen molar-refractivity contribution in [3.63, 3.8) is 0 Å². The number of rotatable bonds is 9. The molecule has 1 heterocycles. The van der Waals surface area contributed by atoms with Crippen molar-refractivity contribution in [3.05, 3.63) is 59.7 Å². The highest BCUT2D eigenvalue weighted by Gasteiger charge is 2.45. The summed E-state index contributed by atoms with van der Waals surface area (Å²) in [4.78, 5) is 48.6. The van der Waals surface area contributed by atoms with Crippen LogP contribution in [-0.2, 0) is 23.9 Å². The Hall–Kier alpha value is -4.04. The molecule has 1 saturated heterocycles. The second-order valence-electron chi connectivity index (χ2n) is 9.62. The summed E-state index contributed by atoms with van der Waals surface area (Å²) >= 11 is 0. The fraction of sp³-hybridized carbons (Fsp3) is 0.407. The van der Waals surface area contributed by atoms with Crippen molar-refractivity contribution in [2.45, 2.75) is 55.9 Å². The van der Waals surface area contributed by atoms with Crippen molar-refractivity contribution in [1.29, 1.82) is 0 Å². The molecule has 2 aliphatic rings. The number of benzene rings is 2. The van der Waals surface area contributed by atoms with Crippen LogP contribution in [0.1, 0.15) is 30.4 Å². The molecule has 40 heavy (non-hydrogen) atoms. The van der Waals surface area contributed by atoms with Crippen molar-refractivity contribution in [2.24, 2.45) is 0 Å². The van der Waals surface area contributed by atoms with Gasteiger partial charge in [-0.15, -0.1) is 0 Å². The molecule has 1 aliphatic carbocycles. The lowest BCUT2D eigenvalue weighted by molar-refractivity contribution is -0.203. The highest BCUT2D eigenvalue weighted by molar-refractivity contribution is 5.87. The summed E-state index contributed by atoms with van der Waals surface area (Å²) < 4.78 is 10.8. The van der Waals surface area contributed by atoms with Gasteiger partial charge in [-0.1, -0.05) is 48.5 Å². The number of carboxylic acid groups (broad SMARTS) is 1. The predicted molar refractivity (Wildman–Crippen MR) is 138 cm³/mol. The van der Waals surface area contributed by atoms with Crippen LogP contribution in [0.4, 0.5) is 4.79 Å². The molecule has 2 aromatic rings. The summed E-state index contributed by atoms with van der Waals surface area (Å²) in [6.07, 6.45) is -7.62. The first-order valence-electron chi connectivity index (χ1n) is 12.6. The van der Waals surface area contributed by atoms with Gasteiger partial charge in [0.1, 0.15) is 37.0 Å². The van der Waals surface area contributed by atoms with E-state index in [2.05, 4.69) is 16.0 Å². The quantitative estimate of drug-likeness (QED) is 0.209. The van der Waals surface area contributed by atoms with Crippen molar-refractivity contribution in [2.75, 3.05) is 13.2 Å². The number of alkyl carbamates (subject to hydrolysis) is 1. The summed E-state index contributed by atoms with van der Waals surface area (Å²) in [6, 6.07) is 12.4. The molecule has 1 fully saturated rings. The van der Waals surface area contributed by atoms with Crippen LogP contribution >= 0.6 is 0 Å². The normalized spacial score (nSPS) is 24.2. The molecule has 0 spiro atoms. The fourth-order valence-corrected chi connectivity index (χ4v) is 5.02. The largest absolute Gasteiger partial charge is 0.480 e. The lowest BCUT2D eigenvalue weighted by Gasteiger charge is -2.42. The first kappa shape index (κ1) is 29.0. The van der Waals surface area contributed by atoms with Crippen LogP contribution in [0.25, 0.3) is 11.1 Å². The first-order valence-corrected chi connectivity index (χ1v) is 12.6. The number of ether oxygens (including phenoxy) is 2. The molecule has 7 N–H and O–H groups in total. The van der Waals surface area contributed by atoms with Gasteiger partial charge in [0.25, 0.3) is 0 Å². The number of amides is 3. The molecule has 13 nitrogen and oxygen atoms in total. The maximum atomic E-state index is 12.7. The Morgan fingerprint density at radius 1 is 0.950 bits per heavy atom. The lowest BCUT2D eigenvalue weighted by Crippen LogP contribution is -2.68. The Morgan fingerprint density at radius 3 is 2.10 bits per heavy atom. The standard InChI is InChI=1S/C27H31N3O10/c1-13(32)28-22-24(35)23(34)20(11-31)40-25(22)30-21(33)10-19(26(36)37)29-27(38)39-12-18-16-8-4-2-6-14(16)15-7-3-5-9-17(15)18/h2-9,18-20,22-25,31,34-35H,10-12H2,1H3,(H,28,32)(H,29,38)(H,30,33)(H,36,37)/t19-,20?,22-,23+,24?,25+/m0/s1. The first-order chi connectivity index (χ1) is 19.1. The topological polar surface area (TPSA) is 204 Å². The van der Waals surface area contributed by atoms with Gasteiger partial charge in [0, 0.05) is 12.8 Å². The minimum atomic E-state index is -1.68. The smallest absolute Gasteiger partial charge is 0.407 e. The van der Waals surface area contributed by atoms with Gasteiger partial charge < -0.3 is 45.9 Å². The highest BCUT2D eigenvalue weighted by Crippen LogP contribution is 2.44. The summed E-state index contributed by atoms with van der Waals surface area (Å²) in [5.74, 6) is -3.26. The van der Waals surface area contributed by atoms with Gasteiger partial charge in [-0.25, -0.2) is 9.59 Å². The number of hydrogen-bond acceptors (Lipinski definition) is 9. The van der Waals surface area contributed by atoms with Gasteiger partial charge in [-0.3, -0.25) is 9.59 Å². The Balaban J connectivity index is 1.37. The van der Waals surface area contributed by atoms with E-state index in [4.69, 9.17) is 9.47 Å². The molecule has 4 rings (SSSR count). The second-order valence-corrected chi connectivity index (χ2v) is 9.62. The third-order valence-electron chi connectivity index (χ3n) is 6.92. The summed E-state index contributed by atoms with van der Waals surface area (Å²) in [5, 5.41) is 46.3. The molecule has 2 aromatic carbocycles. The zero-order chi connectivity index (χ0) is 29.0. The SMILES string of the molecule is CC(=O)N[C@H]1C(O)[C@H](O)C(CO)O[C@H]1NC(=O)C[C@H](NC(=O)OCC1c2ccccc2-c2ccccc21)C(=O)O. The third-order valence-corrected chi connectivity index (χ3v) is 6.92. The number of carbonyl (C=O) groups is 4. The molecule has 214 valence electrons. The predicted octanol–water partition coefficient (Wildman–Crippen LogP) is -0.572. The summed E-state index contributed by atoms with van der Waals surface area (Å²) in [6.45, 7) is 0.392. The molecule has 1 aliphatic heterocycles. The molecule has 0 saturated carbocycles. The number of aliphatic hydroxyl groups excluding tert-OH is 3. The van der Waals surface area contributed by atoms with Crippen molar-refractivity contribution in [1.82, 2.24) is 16.0 Å². The van der Waals surface area contributed by atoms with Gasteiger partial charge in [-0.2, -0.15) is 0 Å². The number of aliphatic carboxylic acids is 1. The molecule has 0 bridgehead atoms. The molecule has 0 radical (unpaired) electrons. The zero-order valence-corrected chi connectivity index (χ0v) is 21.5. The molecule has 3 amide bonds. The third kappa shape index (κ3) is 6.23. The summed E-state index contributed by atoms with van der Waals surface area (Å²) in [5.41, 5.74) is 3.99. The number of carbonyl (C=O) groups excluding carboxylic acids is 3. The molecular weight excluding hydrogens is 526 g/mol. The van der Waals surface area contributed by atoms with E-state index < -0.39 is 73.5 Å². The number of nitrogens with one attached hydrogen (secondary N) is 3. The zero-order valence-electron chi connectivity index (χ0n) is 21.5. The molecular formula is C27H31N3O10. The van der Waals surface area contributed by atoms with Gasteiger partial charge >= 0.3 is 12.1 Å². The molecule has 2 unspecified atom stereocenters. The van der Waals surface area contributed by atoms with Gasteiger partial charge in [0.2, 0.25) is 11.8 Å². The van der Waals surface area contributed by atoms with Crippen molar-refractivity contribution in [3.8, 4) is 11.1 Å². The number of aliphatic hydroxyl groups is 3. The van der Waals surface area contributed by atoms with E-state index in [1.54, 1.807) is 0 Å². The van der Waals surface area contributed by atoms with Gasteiger partial charge in [0.05, 0.1) is 13.0 Å². The van der Waals surface area contributed by atoms with Crippen LogP contribution in [0.15, 0.2) is 48.5 Å². The molecule has 13 heteroatoms. The van der Waals surface area contributed by atoms with E-state index in [1.165, 1.54) is 0 Å². The summed E-state index contributed by atoms with van der Waals surface area (Å²) in [7, 11) is 0. The van der Waals surface area contributed by atoms with Crippen molar-refractivity contribution >= 4 is 23.9 Å². The Kier molecular flexibility index (Phi) is 9.00. The molecule has 0 aromatic heterocycles. The fourth-order valence-electron chi connectivity index (χ4n) is 5.02. The number of fused-ring (bicyclic) bond motifs is 3. The average molecular weight is 558 g/mol. The van der Waals surface area contributed by atoms with Gasteiger partial charge in [0.15, 0.2) is 6.23 Å². The maximum absolute atomic E-state index is 12.7. The average Bonchev–Trinajstić information content (AvgIpc) is 3.24. The van der Waals surface area contributed by atoms with E-state index in [0.29, 0.717) is 0 Å². The molecule has 6 atom stereocenters. The van der Waals surface area contributed by atoms with E-state index >= 15 is 0 Å². The Morgan fingerprint density at radius 2 is 1.55 bits per heavy atom.